The number of hydrogen-bond acceptors (Lipinski definition) is 4. The van der Waals surface area contributed by atoms with Gasteiger partial charge in [-0.3, -0.25) is 4.79 Å². The molecule has 98 valence electrons. The van der Waals surface area contributed by atoms with Crippen molar-refractivity contribution < 1.29 is 9.53 Å². The van der Waals surface area contributed by atoms with Gasteiger partial charge in [0.05, 0.1) is 11.6 Å². The van der Waals surface area contributed by atoms with Gasteiger partial charge in [-0.15, -0.1) is 0 Å². The lowest BCUT2D eigenvalue weighted by Gasteiger charge is -2.36. The van der Waals surface area contributed by atoms with Gasteiger partial charge < -0.3 is 16.2 Å². The lowest BCUT2D eigenvalue weighted by atomic mass is 9.82. The summed E-state index contributed by atoms with van der Waals surface area (Å²) in [6.07, 6.45) is 5.02. The zero-order valence-corrected chi connectivity index (χ0v) is 11.2. The molecule has 0 bridgehead atoms. The van der Waals surface area contributed by atoms with Crippen LogP contribution in [-0.2, 0) is 9.53 Å². The number of hydrogen-bond donors (Lipinski definition) is 2. The third-order valence-corrected chi connectivity index (χ3v) is 5.66. The van der Waals surface area contributed by atoms with Gasteiger partial charge in [0.2, 0.25) is 5.91 Å². The van der Waals surface area contributed by atoms with E-state index in [4.69, 9.17) is 16.2 Å². The van der Waals surface area contributed by atoms with Crippen molar-refractivity contribution in [3.05, 3.63) is 0 Å². The smallest absolute Gasteiger partial charge is 0.237 e. The van der Waals surface area contributed by atoms with Crippen LogP contribution in [0.25, 0.3) is 0 Å². The Morgan fingerprint density at radius 1 is 1.47 bits per heavy atom. The van der Waals surface area contributed by atoms with Crippen molar-refractivity contribution in [1.82, 2.24) is 0 Å². The number of ether oxygens (including phenoxy) is 1. The van der Waals surface area contributed by atoms with Crippen molar-refractivity contribution in [2.75, 3.05) is 6.61 Å². The number of amides is 1. The van der Waals surface area contributed by atoms with Crippen LogP contribution in [0.5, 0.6) is 0 Å². The summed E-state index contributed by atoms with van der Waals surface area (Å²) in [5.41, 5.74) is 10.7. The SMILES string of the molecule is CC1OCCC1SC1CCCC(N)(C(N)=O)C1. The van der Waals surface area contributed by atoms with Gasteiger partial charge in [0, 0.05) is 17.1 Å². The van der Waals surface area contributed by atoms with Crippen LogP contribution >= 0.6 is 11.8 Å². The Kier molecular flexibility index (Phi) is 4.00. The van der Waals surface area contributed by atoms with Crippen LogP contribution in [0, 0.1) is 0 Å². The first-order valence-corrected chi connectivity index (χ1v) is 7.31. The normalized spacial score (nSPS) is 42.6. The summed E-state index contributed by atoms with van der Waals surface area (Å²) in [5, 5.41) is 1.01. The highest BCUT2D eigenvalue weighted by Crippen LogP contribution is 2.39. The first kappa shape index (κ1) is 13.2. The van der Waals surface area contributed by atoms with Crippen LogP contribution in [-0.4, -0.2) is 34.7 Å². The molecule has 4 atom stereocenters. The fraction of sp³-hybridized carbons (Fsp3) is 0.917. The number of nitrogens with two attached hydrogens (primary N) is 2. The van der Waals surface area contributed by atoms with Crippen molar-refractivity contribution in [1.29, 1.82) is 0 Å². The summed E-state index contributed by atoms with van der Waals surface area (Å²) in [6, 6.07) is 0. The number of rotatable bonds is 3. The summed E-state index contributed by atoms with van der Waals surface area (Å²) >= 11 is 1.94. The first-order valence-electron chi connectivity index (χ1n) is 6.37. The van der Waals surface area contributed by atoms with Gasteiger partial charge in [0.1, 0.15) is 0 Å². The molecular formula is C12H22N2O2S. The Morgan fingerprint density at radius 2 is 2.24 bits per heavy atom. The molecule has 1 heterocycles. The average Bonchev–Trinajstić information content (AvgIpc) is 2.64. The second-order valence-corrected chi connectivity index (χ2v) is 6.82. The lowest BCUT2D eigenvalue weighted by molar-refractivity contribution is -0.124. The van der Waals surface area contributed by atoms with E-state index in [1.165, 1.54) is 0 Å². The highest BCUT2D eigenvalue weighted by molar-refractivity contribution is 8.00. The van der Waals surface area contributed by atoms with Crippen molar-refractivity contribution in [2.45, 2.75) is 61.2 Å². The minimum atomic E-state index is -0.779. The van der Waals surface area contributed by atoms with Crippen molar-refractivity contribution >= 4 is 17.7 Å². The van der Waals surface area contributed by atoms with E-state index in [2.05, 4.69) is 6.92 Å². The summed E-state index contributed by atoms with van der Waals surface area (Å²) in [7, 11) is 0. The van der Waals surface area contributed by atoms with Gasteiger partial charge in [-0.25, -0.2) is 0 Å². The van der Waals surface area contributed by atoms with Gasteiger partial charge in [0.25, 0.3) is 0 Å². The Bertz CT molecular complexity index is 300. The molecule has 1 saturated carbocycles. The number of thioether (sulfide) groups is 1. The minimum absolute atomic E-state index is 0.322. The van der Waals surface area contributed by atoms with Crippen molar-refractivity contribution in [3.8, 4) is 0 Å². The van der Waals surface area contributed by atoms with E-state index in [1.54, 1.807) is 0 Å². The molecule has 1 amide bonds. The third kappa shape index (κ3) is 2.95. The van der Waals surface area contributed by atoms with Crippen LogP contribution in [0.2, 0.25) is 0 Å². The molecule has 2 rings (SSSR count). The molecule has 17 heavy (non-hydrogen) atoms. The van der Waals surface area contributed by atoms with E-state index in [-0.39, 0.29) is 5.91 Å². The van der Waals surface area contributed by atoms with Crippen LogP contribution < -0.4 is 11.5 Å². The van der Waals surface area contributed by atoms with Gasteiger partial charge in [-0.05, 0) is 39.0 Å². The number of primary amides is 1. The van der Waals surface area contributed by atoms with E-state index in [0.29, 0.717) is 16.6 Å². The minimum Gasteiger partial charge on any atom is -0.377 e. The van der Waals surface area contributed by atoms with Crippen LogP contribution in [0.3, 0.4) is 0 Å². The highest BCUT2D eigenvalue weighted by atomic mass is 32.2. The Labute approximate surface area is 107 Å². The van der Waals surface area contributed by atoms with E-state index in [1.807, 2.05) is 11.8 Å². The molecule has 0 radical (unpaired) electrons. The lowest BCUT2D eigenvalue weighted by Crippen LogP contribution is -2.55. The fourth-order valence-electron chi connectivity index (χ4n) is 2.73. The van der Waals surface area contributed by atoms with Crippen molar-refractivity contribution in [2.24, 2.45) is 11.5 Å². The van der Waals surface area contributed by atoms with Crippen LogP contribution in [0.15, 0.2) is 0 Å². The maximum atomic E-state index is 11.4. The second-order valence-electron chi connectivity index (χ2n) is 5.28. The molecule has 4 unspecified atom stereocenters. The van der Waals surface area contributed by atoms with Gasteiger partial charge in [-0.2, -0.15) is 11.8 Å². The zero-order valence-electron chi connectivity index (χ0n) is 10.4. The van der Waals surface area contributed by atoms with E-state index in [0.717, 1.165) is 38.7 Å². The van der Waals surface area contributed by atoms with E-state index < -0.39 is 5.54 Å². The Morgan fingerprint density at radius 3 is 2.82 bits per heavy atom. The largest absolute Gasteiger partial charge is 0.377 e. The quantitative estimate of drug-likeness (QED) is 0.792. The fourth-order valence-corrected chi connectivity index (χ4v) is 4.46. The molecule has 0 spiro atoms. The molecule has 4 nitrogen and oxygen atoms in total. The maximum absolute atomic E-state index is 11.4. The predicted molar refractivity (Wildman–Crippen MR) is 69.8 cm³/mol. The summed E-state index contributed by atoms with van der Waals surface area (Å²) < 4.78 is 5.56. The summed E-state index contributed by atoms with van der Waals surface area (Å²) in [4.78, 5) is 11.4. The van der Waals surface area contributed by atoms with E-state index in [9.17, 15) is 4.79 Å². The molecule has 2 fully saturated rings. The zero-order chi connectivity index (χ0) is 12.5. The standard InChI is InChI=1S/C12H22N2O2S/c1-8-10(4-6-16-8)17-9-3-2-5-12(14,7-9)11(13)15/h8-10H,2-7,14H2,1H3,(H2,13,15). The Balaban J connectivity index is 1.91. The topological polar surface area (TPSA) is 78.3 Å². The van der Waals surface area contributed by atoms with E-state index >= 15 is 0 Å². The molecule has 4 N–H and O–H groups in total. The molecule has 5 heteroatoms. The molecule has 0 aromatic rings. The van der Waals surface area contributed by atoms with Crippen molar-refractivity contribution in [3.63, 3.8) is 0 Å². The van der Waals surface area contributed by atoms with Gasteiger partial charge in [-0.1, -0.05) is 0 Å². The molecule has 2 aliphatic rings. The summed E-state index contributed by atoms with van der Waals surface area (Å²) in [6.45, 7) is 2.98. The molecule has 1 saturated heterocycles. The van der Waals surface area contributed by atoms with Crippen LogP contribution in [0.4, 0.5) is 0 Å². The summed E-state index contributed by atoms with van der Waals surface area (Å²) in [5.74, 6) is -0.349. The third-order valence-electron chi connectivity index (χ3n) is 3.91. The molecule has 0 aromatic carbocycles. The second kappa shape index (κ2) is 5.16. The molecule has 1 aliphatic heterocycles. The Hall–Kier alpha value is -0.260. The molecule has 0 aromatic heterocycles. The maximum Gasteiger partial charge on any atom is 0.237 e. The monoisotopic (exact) mass is 258 g/mol. The number of carbonyl (C=O) groups is 1. The van der Waals surface area contributed by atoms with Gasteiger partial charge in [0.15, 0.2) is 0 Å². The predicted octanol–water partition coefficient (Wildman–Crippen LogP) is 1.02. The van der Waals surface area contributed by atoms with Crippen LogP contribution in [0.1, 0.15) is 39.0 Å². The molecule has 1 aliphatic carbocycles. The number of carbonyl (C=O) groups excluding carboxylic acids is 1. The first-order chi connectivity index (χ1) is 8.01. The molecular weight excluding hydrogens is 236 g/mol. The average molecular weight is 258 g/mol. The van der Waals surface area contributed by atoms with Gasteiger partial charge >= 0.3 is 0 Å². The highest BCUT2D eigenvalue weighted by Gasteiger charge is 2.39.